The van der Waals surface area contributed by atoms with Gasteiger partial charge in [0.2, 0.25) is 10.0 Å². The number of nitrogens with one attached hydrogen (secondary N) is 1. The Morgan fingerprint density at radius 2 is 1.82 bits per heavy atom. The van der Waals surface area contributed by atoms with Crippen LogP contribution in [0.25, 0.3) is 0 Å². The molecule has 0 atom stereocenters. The Hall–Kier alpha value is -0.0900. The van der Waals surface area contributed by atoms with Gasteiger partial charge in [-0.3, -0.25) is 0 Å². The van der Waals surface area contributed by atoms with Gasteiger partial charge in [-0.1, -0.05) is 26.7 Å². The van der Waals surface area contributed by atoms with E-state index < -0.39 is 10.0 Å². The van der Waals surface area contributed by atoms with Gasteiger partial charge >= 0.3 is 0 Å². The lowest BCUT2D eigenvalue weighted by Crippen LogP contribution is -2.25. The molecular weight excluding hydrogens is 162 g/mol. The molecule has 68 valence electrons. The van der Waals surface area contributed by atoms with Gasteiger partial charge in [-0.15, -0.1) is 0 Å². The quantitative estimate of drug-likeness (QED) is 0.621. The van der Waals surface area contributed by atoms with E-state index in [1.807, 2.05) is 0 Å². The van der Waals surface area contributed by atoms with Gasteiger partial charge in [0.1, 0.15) is 0 Å². The van der Waals surface area contributed by atoms with Gasteiger partial charge in [-0.05, 0) is 6.42 Å². The first-order chi connectivity index (χ1) is 5.12. The summed E-state index contributed by atoms with van der Waals surface area (Å²) in [5.74, 6) is 0.272. The molecule has 0 aromatic carbocycles. The highest BCUT2D eigenvalue weighted by Gasteiger charge is 2.05. The summed E-state index contributed by atoms with van der Waals surface area (Å²) in [4.78, 5) is 0. The normalized spacial score (nSPS) is 11.8. The molecule has 0 heterocycles. The second-order valence-electron chi connectivity index (χ2n) is 2.52. The predicted octanol–water partition coefficient (Wildman–Crippen LogP) is 1.12. The van der Waals surface area contributed by atoms with Crippen LogP contribution in [0.3, 0.4) is 0 Å². The SMILES string of the molecule is CCCCCS(=O)(=O)NCC. The molecule has 0 aromatic rings. The number of rotatable bonds is 6. The molecule has 3 nitrogen and oxygen atoms in total. The first-order valence-corrected chi connectivity index (χ1v) is 5.75. The third-order valence-electron chi connectivity index (χ3n) is 1.38. The highest BCUT2D eigenvalue weighted by molar-refractivity contribution is 7.89. The molecule has 0 aliphatic carbocycles. The summed E-state index contributed by atoms with van der Waals surface area (Å²) in [5.41, 5.74) is 0. The van der Waals surface area contributed by atoms with Crippen LogP contribution < -0.4 is 4.72 Å². The van der Waals surface area contributed by atoms with Gasteiger partial charge in [0.15, 0.2) is 0 Å². The van der Waals surface area contributed by atoms with Crippen LogP contribution >= 0.6 is 0 Å². The second kappa shape index (κ2) is 5.55. The molecule has 4 heteroatoms. The molecule has 0 aliphatic rings. The van der Waals surface area contributed by atoms with Gasteiger partial charge in [0.05, 0.1) is 5.75 Å². The van der Waals surface area contributed by atoms with Crippen LogP contribution in [0.2, 0.25) is 0 Å². The summed E-state index contributed by atoms with van der Waals surface area (Å²) >= 11 is 0. The highest BCUT2D eigenvalue weighted by Crippen LogP contribution is 1.96. The van der Waals surface area contributed by atoms with Gasteiger partial charge in [-0.2, -0.15) is 0 Å². The summed E-state index contributed by atoms with van der Waals surface area (Å²) < 4.78 is 24.4. The first-order valence-electron chi connectivity index (χ1n) is 4.09. The van der Waals surface area contributed by atoms with E-state index >= 15 is 0 Å². The zero-order valence-electron chi connectivity index (χ0n) is 7.26. The van der Waals surface area contributed by atoms with E-state index in [9.17, 15) is 8.42 Å². The molecule has 1 N–H and O–H groups in total. The van der Waals surface area contributed by atoms with Gasteiger partial charge in [-0.25, -0.2) is 13.1 Å². The zero-order chi connectivity index (χ0) is 8.74. The topological polar surface area (TPSA) is 46.2 Å². The zero-order valence-corrected chi connectivity index (χ0v) is 8.08. The Kier molecular flexibility index (Phi) is 5.50. The van der Waals surface area contributed by atoms with E-state index in [-0.39, 0.29) is 5.75 Å². The molecule has 0 spiro atoms. The fraction of sp³-hybridized carbons (Fsp3) is 1.00. The third kappa shape index (κ3) is 6.31. The molecular formula is C7H17NO2S. The van der Waals surface area contributed by atoms with Crippen molar-refractivity contribution in [2.45, 2.75) is 33.1 Å². The molecule has 0 aliphatic heterocycles. The van der Waals surface area contributed by atoms with E-state index in [1.165, 1.54) is 0 Å². The van der Waals surface area contributed by atoms with Crippen LogP contribution in [0.4, 0.5) is 0 Å². The Labute approximate surface area is 69.2 Å². The minimum Gasteiger partial charge on any atom is -0.216 e. The van der Waals surface area contributed by atoms with Crippen LogP contribution in [0.5, 0.6) is 0 Å². The molecule has 0 amide bonds. The summed E-state index contributed by atoms with van der Waals surface area (Å²) in [7, 11) is -2.95. The van der Waals surface area contributed by atoms with Crippen molar-refractivity contribution in [1.82, 2.24) is 4.72 Å². The van der Waals surface area contributed by atoms with Crippen molar-refractivity contribution in [2.24, 2.45) is 0 Å². The Morgan fingerprint density at radius 1 is 1.18 bits per heavy atom. The van der Waals surface area contributed by atoms with Crippen molar-refractivity contribution in [3.63, 3.8) is 0 Å². The fourth-order valence-corrected chi connectivity index (χ4v) is 2.00. The van der Waals surface area contributed by atoms with Gasteiger partial charge in [0.25, 0.3) is 0 Å². The van der Waals surface area contributed by atoms with Crippen molar-refractivity contribution >= 4 is 10.0 Å². The van der Waals surface area contributed by atoms with Gasteiger partial charge in [0, 0.05) is 6.54 Å². The minimum atomic E-state index is -2.95. The first kappa shape index (κ1) is 10.9. The van der Waals surface area contributed by atoms with E-state index in [2.05, 4.69) is 11.6 Å². The van der Waals surface area contributed by atoms with Crippen LogP contribution in [-0.4, -0.2) is 20.7 Å². The van der Waals surface area contributed by atoms with Crippen molar-refractivity contribution in [1.29, 1.82) is 0 Å². The largest absolute Gasteiger partial charge is 0.216 e. The van der Waals surface area contributed by atoms with Crippen molar-refractivity contribution in [2.75, 3.05) is 12.3 Å². The van der Waals surface area contributed by atoms with Crippen LogP contribution in [-0.2, 0) is 10.0 Å². The van der Waals surface area contributed by atoms with Gasteiger partial charge < -0.3 is 0 Å². The molecule has 11 heavy (non-hydrogen) atoms. The molecule has 0 saturated heterocycles. The summed E-state index contributed by atoms with van der Waals surface area (Å²) in [6.45, 7) is 4.34. The molecule has 0 saturated carbocycles. The van der Waals surface area contributed by atoms with E-state index in [4.69, 9.17) is 0 Å². The van der Waals surface area contributed by atoms with E-state index in [0.717, 1.165) is 19.3 Å². The highest BCUT2D eigenvalue weighted by atomic mass is 32.2. The second-order valence-corrected chi connectivity index (χ2v) is 4.45. The van der Waals surface area contributed by atoms with Crippen molar-refractivity contribution < 1.29 is 8.42 Å². The van der Waals surface area contributed by atoms with Crippen LogP contribution in [0.15, 0.2) is 0 Å². The molecule has 0 aromatic heterocycles. The van der Waals surface area contributed by atoms with Crippen LogP contribution in [0.1, 0.15) is 33.1 Å². The number of sulfonamides is 1. The summed E-state index contributed by atoms with van der Waals surface area (Å²) in [6.07, 6.45) is 2.82. The lowest BCUT2D eigenvalue weighted by Gasteiger charge is -2.02. The molecule has 0 bridgehead atoms. The smallest absolute Gasteiger partial charge is 0.211 e. The van der Waals surface area contributed by atoms with Crippen LogP contribution in [0, 0.1) is 0 Å². The maximum atomic E-state index is 11.0. The Bertz CT molecular complexity index is 175. The van der Waals surface area contributed by atoms with Crippen molar-refractivity contribution in [3.8, 4) is 0 Å². The Balaban J connectivity index is 3.56. The lowest BCUT2D eigenvalue weighted by atomic mass is 10.3. The standard InChI is InChI=1S/C7H17NO2S/c1-3-5-6-7-11(9,10)8-4-2/h8H,3-7H2,1-2H3. The monoisotopic (exact) mass is 179 g/mol. The predicted molar refractivity (Wildman–Crippen MR) is 47.0 cm³/mol. The average Bonchev–Trinajstić information content (AvgIpc) is 1.87. The summed E-state index contributed by atoms with van der Waals surface area (Å²) in [5, 5.41) is 0. The third-order valence-corrected chi connectivity index (χ3v) is 2.94. The molecule has 0 fully saturated rings. The maximum absolute atomic E-state index is 11.0. The van der Waals surface area contributed by atoms with Crippen molar-refractivity contribution in [3.05, 3.63) is 0 Å². The average molecular weight is 179 g/mol. The number of hydrogen-bond donors (Lipinski definition) is 1. The number of hydrogen-bond acceptors (Lipinski definition) is 2. The molecule has 0 unspecified atom stereocenters. The molecule has 0 radical (unpaired) electrons. The Morgan fingerprint density at radius 3 is 2.27 bits per heavy atom. The van der Waals surface area contributed by atoms with E-state index in [0.29, 0.717) is 6.54 Å². The minimum absolute atomic E-state index is 0.272. The molecule has 0 rings (SSSR count). The number of unbranched alkanes of at least 4 members (excludes halogenated alkanes) is 2. The fourth-order valence-electron chi connectivity index (χ4n) is 0.834. The summed E-state index contributed by atoms with van der Waals surface area (Å²) in [6, 6.07) is 0. The maximum Gasteiger partial charge on any atom is 0.211 e. The van der Waals surface area contributed by atoms with E-state index in [1.54, 1.807) is 6.92 Å². The lowest BCUT2D eigenvalue weighted by molar-refractivity contribution is 0.579.